The summed E-state index contributed by atoms with van der Waals surface area (Å²) in [6.45, 7) is 0. The number of rotatable bonds is 3. The summed E-state index contributed by atoms with van der Waals surface area (Å²) in [6, 6.07) is 14.2. The van der Waals surface area contributed by atoms with Gasteiger partial charge in [-0.2, -0.15) is 18.2 Å². The number of hydrogen-bond acceptors (Lipinski definition) is 3. The van der Waals surface area contributed by atoms with Gasteiger partial charge in [-0.05, 0) is 23.8 Å². The van der Waals surface area contributed by atoms with Crippen molar-refractivity contribution in [1.29, 1.82) is 0 Å². The Morgan fingerprint density at radius 3 is 2.22 bits per heavy atom. The van der Waals surface area contributed by atoms with Gasteiger partial charge in [-0.3, -0.25) is 0 Å². The van der Waals surface area contributed by atoms with Gasteiger partial charge in [-0.15, -0.1) is 0 Å². The molecule has 0 bridgehead atoms. The number of hydrogen-bond donors (Lipinski definition) is 0. The third kappa shape index (κ3) is 3.66. The van der Waals surface area contributed by atoms with Crippen molar-refractivity contribution < 1.29 is 17.7 Å². The molecular weight excluding hydrogens is 305 g/mol. The Kier molecular flexibility index (Phi) is 3.97. The van der Waals surface area contributed by atoms with Gasteiger partial charge in [0.2, 0.25) is 5.82 Å². The molecule has 2 aromatic carbocycles. The van der Waals surface area contributed by atoms with Crippen molar-refractivity contribution in [2.75, 3.05) is 0 Å². The van der Waals surface area contributed by atoms with E-state index in [0.717, 1.165) is 17.7 Å². The van der Waals surface area contributed by atoms with Crippen molar-refractivity contribution in [3.05, 3.63) is 71.6 Å². The highest BCUT2D eigenvalue weighted by Gasteiger charge is 2.30. The molecular formula is C17H11F3N2O. The highest BCUT2D eigenvalue weighted by molar-refractivity contribution is 5.66. The fourth-order valence-electron chi connectivity index (χ4n) is 1.96. The van der Waals surface area contributed by atoms with E-state index in [0.29, 0.717) is 5.56 Å². The fourth-order valence-corrected chi connectivity index (χ4v) is 1.96. The summed E-state index contributed by atoms with van der Waals surface area (Å²) in [4.78, 5) is 4.14. The van der Waals surface area contributed by atoms with E-state index in [1.165, 1.54) is 12.1 Å². The Morgan fingerprint density at radius 1 is 0.870 bits per heavy atom. The van der Waals surface area contributed by atoms with Gasteiger partial charge in [0.1, 0.15) is 0 Å². The van der Waals surface area contributed by atoms with Gasteiger partial charge in [0, 0.05) is 11.6 Å². The Bertz CT molecular complexity index is 806. The Morgan fingerprint density at radius 2 is 1.57 bits per heavy atom. The first-order chi connectivity index (χ1) is 11.0. The quantitative estimate of drug-likeness (QED) is 0.688. The van der Waals surface area contributed by atoms with E-state index in [-0.39, 0.29) is 11.7 Å². The topological polar surface area (TPSA) is 38.9 Å². The lowest BCUT2D eigenvalue weighted by Gasteiger charge is -2.05. The van der Waals surface area contributed by atoms with Crippen molar-refractivity contribution in [3.8, 4) is 11.4 Å². The van der Waals surface area contributed by atoms with Crippen molar-refractivity contribution in [1.82, 2.24) is 10.1 Å². The van der Waals surface area contributed by atoms with Crippen LogP contribution in [0.1, 0.15) is 17.0 Å². The van der Waals surface area contributed by atoms with E-state index in [4.69, 9.17) is 4.52 Å². The van der Waals surface area contributed by atoms with Crippen molar-refractivity contribution >= 4 is 12.2 Å². The molecule has 0 saturated carbocycles. The second-order valence-corrected chi connectivity index (χ2v) is 4.78. The lowest BCUT2D eigenvalue weighted by atomic mass is 10.1. The molecule has 0 radical (unpaired) electrons. The first-order valence-corrected chi connectivity index (χ1v) is 6.77. The predicted molar refractivity (Wildman–Crippen MR) is 80.1 cm³/mol. The lowest BCUT2D eigenvalue weighted by molar-refractivity contribution is -0.137. The van der Waals surface area contributed by atoms with E-state index >= 15 is 0 Å². The maximum atomic E-state index is 12.5. The molecule has 1 aromatic heterocycles. The Hall–Kier alpha value is -2.89. The summed E-state index contributed by atoms with van der Waals surface area (Å²) >= 11 is 0. The number of nitrogens with zero attached hydrogens (tertiary/aromatic N) is 2. The SMILES string of the molecule is FC(F)(F)c1ccc(-c2noc(/C=C/c3ccccc3)n2)cc1. The molecule has 3 aromatic rings. The largest absolute Gasteiger partial charge is 0.416 e. The van der Waals surface area contributed by atoms with E-state index < -0.39 is 11.7 Å². The van der Waals surface area contributed by atoms with Gasteiger partial charge in [0.25, 0.3) is 5.89 Å². The molecule has 3 rings (SSSR count). The number of halogens is 3. The molecule has 0 spiro atoms. The molecule has 0 N–H and O–H groups in total. The highest BCUT2D eigenvalue weighted by atomic mass is 19.4. The summed E-state index contributed by atoms with van der Waals surface area (Å²) < 4.78 is 42.7. The van der Waals surface area contributed by atoms with Crippen molar-refractivity contribution in [2.24, 2.45) is 0 Å². The molecule has 6 heteroatoms. The minimum atomic E-state index is -4.36. The van der Waals surface area contributed by atoms with E-state index in [2.05, 4.69) is 10.1 Å². The summed E-state index contributed by atoms with van der Waals surface area (Å²) in [5.41, 5.74) is 0.719. The maximum absolute atomic E-state index is 12.5. The molecule has 0 aliphatic rings. The lowest BCUT2D eigenvalue weighted by Crippen LogP contribution is -2.04. The summed E-state index contributed by atoms with van der Waals surface area (Å²) in [7, 11) is 0. The standard InChI is InChI=1S/C17H11F3N2O/c18-17(19,20)14-9-7-13(8-10-14)16-21-15(23-22-16)11-6-12-4-2-1-3-5-12/h1-11H/b11-6+. The zero-order valence-electron chi connectivity index (χ0n) is 11.8. The predicted octanol–water partition coefficient (Wildman–Crippen LogP) is 4.93. The van der Waals surface area contributed by atoms with Gasteiger partial charge < -0.3 is 4.52 Å². The molecule has 23 heavy (non-hydrogen) atoms. The van der Waals surface area contributed by atoms with E-state index in [9.17, 15) is 13.2 Å². The molecule has 0 fully saturated rings. The van der Waals surface area contributed by atoms with Crippen LogP contribution >= 0.6 is 0 Å². The molecule has 0 aliphatic heterocycles. The molecule has 3 nitrogen and oxygen atoms in total. The normalized spacial score (nSPS) is 12.0. The van der Waals surface area contributed by atoms with Gasteiger partial charge in [-0.1, -0.05) is 47.6 Å². The molecule has 116 valence electrons. The Balaban J connectivity index is 1.78. The molecule has 0 saturated heterocycles. The maximum Gasteiger partial charge on any atom is 0.416 e. The number of alkyl halides is 3. The van der Waals surface area contributed by atoms with Crippen LogP contribution < -0.4 is 0 Å². The molecule has 0 amide bonds. The van der Waals surface area contributed by atoms with Crippen LogP contribution in [-0.2, 0) is 6.18 Å². The van der Waals surface area contributed by atoms with E-state index in [1.807, 2.05) is 36.4 Å². The minimum absolute atomic E-state index is 0.242. The van der Waals surface area contributed by atoms with Gasteiger partial charge in [-0.25, -0.2) is 0 Å². The van der Waals surface area contributed by atoms with E-state index in [1.54, 1.807) is 6.08 Å². The highest BCUT2D eigenvalue weighted by Crippen LogP contribution is 2.30. The molecule has 0 atom stereocenters. The average molecular weight is 316 g/mol. The van der Waals surface area contributed by atoms with Crippen molar-refractivity contribution in [3.63, 3.8) is 0 Å². The zero-order chi connectivity index (χ0) is 16.3. The van der Waals surface area contributed by atoms with Crippen LogP contribution in [0.2, 0.25) is 0 Å². The smallest absolute Gasteiger partial charge is 0.334 e. The van der Waals surface area contributed by atoms with Crippen LogP contribution in [0.3, 0.4) is 0 Å². The van der Waals surface area contributed by atoms with Gasteiger partial charge in [0.15, 0.2) is 0 Å². The third-order valence-corrected chi connectivity index (χ3v) is 3.13. The summed E-state index contributed by atoms with van der Waals surface area (Å²) in [5.74, 6) is 0.523. The van der Waals surface area contributed by atoms with Crippen molar-refractivity contribution in [2.45, 2.75) is 6.18 Å². The van der Waals surface area contributed by atoms with Gasteiger partial charge >= 0.3 is 6.18 Å². The van der Waals surface area contributed by atoms with Crippen LogP contribution in [-0.4, -0.2) is 10.1 Å². The summed E-state index contributed by atoms with van der Waals surface area (Å²) in [5, 5.41) is 3.77. The number of aromatic nitrogens is 2. The zero-order valence-corrected chi connectivity index (χ0v) is 11.8. The monoisotopic (exact) mass is 316 g/mol. The van der Waals surface area contributed by atoms with Crippen LogP contribution in [0.15, 0.2) is 59.1 Å². The number of benzene rings is 2. The molecule has 0 unspecified atom stereocenters. The first kappa shape index (κ1) is 15.0. The second-order valence-electron chi connectivity index (χ2n) is 4.78. The molecule has 0 aliphatic carbocycles. The summed E-state index contributed by atoms with van der Waals surface area (Å²) in [6.07, 6.45) is -0.903. The minimum Gasteiger partial charge on any atom is -0.334 e. The van der Waals surface area contributed by atoms with Crippen LogP contribution in [0.4, 0.5) is 13.2 Å². The Labute approximate surface area is 130 Å². The molecule has 1 heterocycles. The second kappa shape index (κ2) is 6.08. The van der Waals surface area contributed by atoms with Gasteiger partial charge in [0.05, 0.1) is 5.56 Å². The van der Waals surface area contributed by atoms with Crippen LogP contribution in [0.25, 0.3) is 23.5 Å². The average Bonchev–Trinajstić information content (AvgIpc) is 3.02. The van der Waals surface area contributed by atoms with Crippen LogP contribution in [0.5, 0.6) is 0 Å². The third-order valence-electron chi connectivity index (χ3n) is 3.13. The fraction of sp³-hybridized carbons (Fsp3) is 0.0588. The van der Waals surface area contributed by atoms with Crippen LogP contribution in [0, 0.1) is 0 Å². The first-order valence-electron chi connectivity index (χ1n) is 6.77.